The Hall–Kier alpha value is -3.70. The number of ether oxygens (including phenoxy) is 1. The van der Waals surface area contributed by atoms with E-state index in [1.165, 1.54) is 30.4 Å². The second-order valence-corrected chi connectivity index (χ2v) is 7.31. The quantitative estimate of drug-likeness (QED) is 0.194. The zero-order valence-corrected chi connectivity index (χ0v) is 18.5. The normalized spacial score (nSPS) is 10.8. The topological polar surface area (TPSA) is 60.4 Å². The van der Waals surface area contributed by atoms with Crippen molar-refractivity contribution in [1.29, 1.82) is 0 Å². The molecule has 32 heavy (non-hydrogen) atoms. The van der Waals surface area contributed by atoms with Gasteiger partial charge in [-0.3, -0.25) is 4.79 Å². The van der Waals surface area contributed by atoms with Crippen molar-refractivity contribution in [3.8, 4) is 5.75 Å². The van der Waals surface area contributed by atoms with Crippen LogP contribution in [-0.2, 0) is 6.54 Å². The number of carbonyl (C=O) groups is 1. The number of allylic oxidation sites excluding steroid dienone is 1. The van der Waals surface area contributed by atoms with Crippen molar-refractivity contribution in [2.45, 2.75) is 13.5 Å². The molecule has 2 aromatic heterocycles. The number of hydrogen-bond acceptors (Lipinski definition) is 4. The highest BCUT2D eigenvalue weighted by molar-refractivity contribution is 6.08. The van der Waals surface area contributed by atoms with Gasteiger partial charge in [0.2, 0.25) is 0 Å². The summed E-state index contributed by atoms with van der Waals surface area (Å²) < 4.78 is 12.6. The van der Waals surface area contributed by atoms with E-state index in [1.54, 1.807) is 24.3 Å². The van der Waals surface area contributed by atoms with Crippen LogP contribution in [0.2, 0.25) is 0 Å². The first kappa shape index (κ1) is 23.0. The van der Waals surface area contributed by atoms with Gasteiger partial charge in [-0.2, -0.15) is 0 Å². The number of rotatable bonds is 6. The molecular weight excluding hydrogens is 426 g/mol. The van der Waals surface area contributed by atoms with Crippen LogP contribution in [0.4, 0.5) is 0 Å². The fourth-order valence-corrected chi connectivity index (χ4v) is 3.30. The minimum Gasteiger partial charge on any atom is -1.00 e. The summed E-state index contributed by atoms with van der Waals surface area (Å²) in [7, 11) is 1.50. The highest BCUT2D eigenvalue weighted by Crippen LogP contribution is 2.24. The van der Waals surface area contributed by atoms with Gasteiger partial charge in [-0.1, -0.05) is 48.0 Å². The molecule has 0 atom stereocenters. The molecule has 5 nitrogen and oxygen atoms in total. The van der Waals surface area contributed by atoms with Crippen molar-refractivity contribution >= 4 is 22.8 Å². The molecule has 2 heterocycles. The van der Waals surface area contributed by atoms with Crippen LogP contribution in [0, 0.1) is 6.92 Å². The van der Waals surface area contributed by atoms with Gasteiger partial charge >= 0.3 is 5.63 Å². The highest BCUT2D eigenvalue weighted by Gasteiger charge is 2.13. The van der Waals surface area contributed by atoms with Gasteiger partial charge < -0.3 is 21.6 Å². The summed E-state index contributed by atoms with van der Waals surface area (Å²) in [6.45, 7) is 2.84. The first-order valence-electron chi connectivity index (χ1n) is 9.91. The maximum atomic E-state index is 12.6. The summed E-state index contributed by atoms with van der Waals surface area (Å²) >= 11 is 0. The molecule has 0 saturated heterocycles. The molecule has 6 heteroatoms. The maximum Gasteiger partial charge on any atom is 0.347 e. The van der Waals surface area contributed by atoms with E-state index in [-0.39, 0.29) is 18.0 Å². The molecule has 0 amide bonds. The monoisotopic (exact) mass is 447 g/mol. The number of carbonyl (C=O) groups excluding carboxylic acids is 1. The average molecular weight is 448 g/mol. The van der Waals surface area contributed by atoms with E-state index < -0.39 is 11.4 Å². The minimum absolute atomic E-state index is 0. The number of hydrogen-bond donors (Lipinski definition) is 0. The third-order valence-corrected chi connectivity index (χ3v) is 5.04. The third kappa shape index (κ3) is 5.13. The van der Waals surface area contributed by atoms with Gasteiger partial charge in [-0.15, -0.1) is 0 Å². The molecule has 4 aromatic rings. The highest BCUT2D eigenvalue weighted by atomic mass is 35.5. The van der Waals surface area contributed by atoms with Crippen molar-refractivity contribution < 1.29 is 30.9 Å². The number of aryl methyl sites for hydroxylation is 1. The van der Waals surface area contributed by atoms with Gasteiger partial charge in [-0.25, -0.2) is 9.36 Å². The van der Waals surface area contributed by atoms with E-state index in [0.717, 1.165) is 12.1 Å². The largest absolute Gasteiger partial charge is 1.00 e. The van der Waals surface area contributed by atoms with E-state index in [9.17, 15) is 9.59 Å². The number of nitrogens with zero attached hydrogens (tertiary/aromatic N) is 1. The molecular formula is C26H22ClNO4. The zero-order chi connectivity index (χ0) is 21.8. The molecule has 0 aliphatic heterocycles. The predicted molar refractivity (Wildman–Crippen MR) is 119 cm³/mol. The Morgan fingerprint density at radius 2 is 1.78 bits per heavy atom. The maximum absolute atomic E-state index is 12.6. The van der Waals surface area contributed by atoms with Gasteiger partial charge in [0.15, 0.2) is 36.1 Å². The number of halogens is 1. The van der Waals surface area contributed by atoms with Crippen LogP contribution in [0.1, 0.15) is 27.0 Å². The van der Waals surface area contributed by atoms with E-state index >= 15 is 0 Å². The first-order valence-corrected chi connectivity index (χ1v) is 9.91. The molecule has 0 spiro atoms. The fourth-order valence-electron chi connectivity index (χ4n) is 3.30. The Kier molecular flexibility index (Phi) is 7.23. The molecule has 162 valence electrons. The lowest BCUT2D eigenvalue weighted by atomic mass is 10.1. The lowest BCUT2D eigenvalue weighted by molar-refractivity contribution is -0.688. The van der Waals surface area contributed by atoms with Crippen molar-refractivity contribution in [3.05, 3.63) is 112 Å². The van der Waals surface area contributed by atoms with Crippen LogP contribution >= 0.6 is 0 Å². The molecule has 2 aromatic carbocycles. The Balaban J connectivity index is 0.00000289. The first-order chi connectivity index (χ1) is 15.0. The van der Waals surface area contributed by atoms with Crippen LogP contribution in [0.15, 0.2) is 88.3 Å². The van der Waals surface area contributed by atoms with Crippen molar-refractivity contribution in [1.82, 2.24) is 0 Å². The Morgan fingerprint density at radius 1 is 1.06 bits per heavy atom. The number of benzene rings is 2. The summed E-state index contributed by atoms with van der Waals surface area (Å²) in [4.78, 5) is 24.9. The van der Waals surface area contributed by atoms with E-state index in [4.69, 9.17) is 9.15 Å². The third-order valence-electron chi connectivity index (χ3n) is 5.04. The molecule has 0 unspecified atom stereocenters. The van der Waals surface area contributed by atoms with E-state index in [0.29, 0.717) is 16.7 Å². The molecule has 0 aliphatic rings. The summed E-state index contributed by atoms with van der Waals surface area (Å²) in [6.07, 6.45) is 6.99. The van der Waals surface area contributed by atoms with E-state index in [1.807, 2.05) is 24.5 Å². The molecule has 0 fully saturated rings. The van der Waals surface area contributed by atoms with Gasteiger partial charge in [0, 0.05) is 23.1 Å². The van der Waals surface area contributed by atoms with Crippen LogP contribution in [-0.4, -0.2) is 12.9 Å². The molecule has 0 bridgehead atoms. The number of ketones is 1. The number of pyridine rings is 1. The smallest absolute Gasteiger partial charge is 0.347 e. The molecule has 4 rings (SSSR count). The molecule has 0 radical (unpaired) electrons. The number of aromatic nitrogens is 1. The van der Waals surface area contributed by atoms with E-state index in [2.05, 4.69) is 35.8 Å². The predicted octanol–water partition coefficient (Wildman–Crippen LogP) is 1.35. The van der Waals surface area contributed by atoms with Gasteiger partial charge in [-0.05, 0) is 30.7 Å². The Bertz CT molecular complexity index is 1320. The van der Waals surface area contributed by atoms with Gasteiger partial charge in [0.25, 0.3) is 0 Å². The zero-order valence-electron chi connectivity index (χ0n) is 17.7. The van der Waals surface area contributed by atoms with Crippen LogP contribution in [0.25, 0.3) is 17.0 Å². The molecule has 0 saturated carbocycles. The van der Waals surface area contributed by atoms with Crippen LogP contribution < -0.4 is 27.3 Å². The second kappa shape index (κ2) is 10.1. The Labute approximate surface area is 192 Å². The summed E-state index contributed by atoms with van der Waals surface area (Å²) in [5.74, 6) is 0.0437. The second-order valence-electron chi connectivity index (χ2n) is 7.31. The van der Waals surface area contributed by atoms with Crippen LogP contribution in [0.3, 0.4) is 0 Å². The number of fused-ring (bicyclic) bond motifs is 1. The standard InChI is InChI=1S/C26H22NO4.ClH/c1-18-6-8-20(9-7-18)17-27-14-12-19(13-15-27)10-11-23(28)22-16-21-4-3-5-24(30-2)25(21)31-26(22)29;/h3-16H,17H2,1-2H3;1H/q+1;/p-1/b11-10+;. The summed E-state index contributed by atoms with van der Waals surface area (Å²) in [5, 5.41) is 0.632. The van der Waals surface area contributed by atoms with Crippen LogP contribution in [0.5, 0.6) is 5.75 Å². The summed E-state index contributed by atoms with van der Waals surface area (Å²) in [5.41, 5.74) is 2.95. The lowest BCUT2D eigenvalue weighted by Crippen LogP contribution is -3.00. The lowest BCUT2D eigenvalue weighted by Gasteiger charge is -2.04. The number of methoxy groups -OCH3 is 1. The van der Waals surface area contributed by atoms with Crippen molar-refractivity contribution in [2.75, 3.05) is 7.11 Å². The van der Waals surface area contributed by atoms with Gasteiger partial charge in [0.1, 0.15) is 5.56 Å². The van der Waals surface area contributed by atoms with Crippen molar-refractivity contribution in [3.63, 3.8) is 0 Å². The fraction of sp³-hybridized carbons (Fsp3) is 0.115. The molecule has 0 aliphatic carbocycles. The van der Waals surface area contributed by atoms with Gasteiger partial charge in [0.05, 0.1) is 7.11 Å². The summed E-state index contributed by atoms with van der Waals surface area (Å²) in [6, 6.07) is 19.0. The average Bonchev–Trinajstić information content (AvgIpc) is 2.79. The SMILES string of the molecule is COc1cccc2cc(C(=O)/C=C/c3cc[n+](Cc4ccc(C)cc4)cc3)c(=O)oc12.[Cl-]. The van der Waals surface area contributed by atoms with Crippen molar-refractivity contribution in [2.24, 2.45) is 0 Å². The molecule has 0 N–H and O–H groups in total. The Morgan fingerprint density at radius 3 is 2.47 bits per heavy atom. The minimum atomic E-state index is -0.685. The number of para-hydroxylation sites is 1.